The van der Waals surface area contributed by atoms with Crippen LogP contribution in [0.1, 0.15) is 0 Å². The third-order valence-corrected chi connectivity index (χ3v) is 4.15. The van der Waals surface area contributed by atoms with Crippen molar-refractivity contribution >= 4 is 23.2 Å². The highest BCUT2D eigenvalue weighted by atomic mass is 35.5. The van der Waals surface area contributed by atoms with Gasteiger partial charge in [0, 0.05) is 5.69 Å². The summed E-state index contributed by atoms with van der Waals surface area (Å²) in [7, 11) is 0. The zero-order valence-corrected chi connectivity index (χ0v) is 15.6. The van der Waals surface area contributed by atoms with Gasteiger partial charge in [-0.05, 0) is 48.5 Å². The summed E-state index contributed by atoms with van der Waals surface area (Å²) < 4.78 is 16.7. The van der Waals surface area contributed by atoms with E-state index in [-0.39, 0.29) is 12.4 Å². The summed E-state index contributed by atoms with van der Waals surface area (Å²) in [5, 5.41) is 7.13. The number of para-hydroxylation sites is 1. The van der Waals surface area contributed by atoms with Crippen LogP contribution < -0.4 is 15.8 Å². The van der Waals surface area contributed by atoms with Crippen molar-refractivity contribution in [1.29, 1.82) is 0 Å². The van der Waals surface area contributed by atoms with E-state index in [1.54, 1.807) is 48.5 Å². The van der Waals surface area contributed by atoms with Crippen LogP contribution in [0.25, 0.3) is 11.7 Å². The number of furan rings is 1. The Hall–Kier alpha value is -3.78. The van der Waals surface area contributed by atoms with E-state index in [1.165, 1.54) is 6.26 Å². The molecule has 0 bridgehead atoms. The highest BCUT2D eigenvalue weighted by Gasteiger charge is 2.15. The predicted molar refractivity (Wildman–Crippen MR) is 105 cm³/mol. The molecule has 0 fully saturated rings. The standard InChI is InChI=1S/C20H14ClN3O5/c21-15-4-1-2-5-16(15)28-14-9-7-13(8-10-14)22-18(25)12-24-20(26)29-19(23-24)17-6-3-11-27-17/h1-11H,12H2,(H,22,25). The van der Waals surface area contributed by atoms with E-state index in [2.05, 4.69) is 10.4 Å². The van der Waals surface area contributed by atoms with Crippen molar-refractivity contribution in [3.8, 4) is 23.1 Å². The molecule has 0 aliphatic carbocycles. The normalized spacial score (nSPS) is 10.7. The van der Waals surface area contributed by atoms with E-state index in [4.69, 9.17) is 25.2 Å². The fraction of sp³-hybridized carbons (Fsp3) is 0.0500. The summed E-state index contributed by atoms with van der Waals surface area (Å²) in [6, 6.07) is 17.1. The zero-order valence-electron chi connectivity index (χ0n) is 14.9. The van der Waals surface area contributed by atoms with Crippen molar-refractivity contribution in [3.05, 3.63) is 82.5 Å². The van der Waals surface area contributed by atoms with Gasteiger partial charge < -0.3 is 18.9 Å². The Balaban J connectivity index is 1.39. The maximum atomic E-state index is 12.2. The fourth-order valence-corrected chi connectivity index (χ4v) is 2.68. The monoisotopic (exact) mass is 411 g/mol. The number of amides is 1. The summed E-state index contributed by atoms with van der Waals surface area (Å²) >= 11 is 6.07. The van der Waals surface area contributed by atoms with Gasteiger partial charge in [0.25, 0.3) is 5.89 Å². The second kappa shape index (κ2) is 8.07. The lowest BCUT2D eigenvalue weighted by atomic mass is 10.3. The maximum Gasteiger partial charge on any atom is 0.437 e. The van der Waals surface area contributed by atoms with Crippen LogP contribution in [0, 0.1) is 0 Å². The molecule has 0 saturated heterocycles. The van der Waals surface area contributed by atoms with Gasteiger partial charge in [-0.1, -0.05) is 23.7 Å². The minimum Gasteiger partial charge on any atom is -0.459 e. The van der Waals surface area contributed by atoms with Gasteiger partial charge in [0.1, 0.15) is 18.0 Å². The van der Waals surface area contributed by atoms with E-state index >= 15 is 0 Å². The van der Waals surface area contributed by atoms with E-state index < -0.39 is 11.7 Å². The van der Waals surface area contributed by atoms with Gasteiger partial charge in [0.2, 0.25) is 5.91 Å². The van der Waals surface area contributed by atoms with E-state index in [0.717, 1.165) is 4.68 Å². The van der Waals surface area contributed by atoms with Gasteiger partial charge in [-0.2, -0.15) is 4.68 Å². The first-order chi connectivity index (χ1) is 14.1. The molecule has 0 aliphatic rings. The number of ether oxygens (including phenoxy) is 1. The Morgan fingerprint density at radius 1 is 1.10 bits per heavy atom. The van der Waals surface area contributed by atoms with Crippen molar-refractivity contribution in [2.45, 2.75) is 6.54 Å². The number of hydrogen-bond acceptors (Lipinski definition) is 6. The van der Waals surface area contributed by atoms with Crippen LogP contribution in [0.4, 0.5) is 5.69 Å². The first-order valence-corrected chi connectivity index (χ1v) is 8.90. The summed E-state index contributed by atoms with van der Waals surface area (Å²) in [6.07, 6.45) is 1.43. The first-order valence-electron chi connectivity index (χ1n) is 8.52. The zero-order chi connectivity index (χ0) is 20.2. The Bertz CT molecular complexity index is 1180. The van der Waals surface area contributed by atoms with E-state index in [1.807, 2.05) is 12.1 Å². The summed E-state index contributed by atoms with van der Waals surface area (Å²) in [5.74, 6) is 0.209. The Morgan fingerprint density at radius 2 is 1.90 bits per heavy atom. The minimum absolute atomic E-state index is 0.00822. The molecule has 2 aromatic carbocycles. The second-order valence-corrected chi connectivity index (χ2v) is 6.32. The lowest BCUT2D eigenvalue weighted by molar-refractivity contribution is -0.117. The largest absolute Gasteiger partial charge is 0.459 e. The molecule has 0 unspecified atom stereocenters. The highest BCUT2D eigenvalue weighted by molar-refractivity contribution is 6.32. The minimum atomic E-state index is -0.755. The number of anilines is 1. The van der Waals surface area contributed by atoms with Crippen molar-refractivity contribution in [2.75, 3.05) is 5.32 Å². The van der Waals surface area contributed by atoms with Gasteiger partial charge in [-0.25, -0.2) is 4.79 Å². The van der Waals surface area contributed by atoms with Crippen LogP contribution in [-0.4, -0.2) is 15.7 Å². The number of hydrogen-bond donors (Lipinski definition) is 1. The Labute approximate surface area is 169 Å². The molecular formula is C20H14ClN3O5. The topological polar surface area (TPSA) is 99.5 Å². The molecule has 9 heteroatoms. The number of nitrogens with zero attached hydrogens (tertiary/aromatic N) is 2. The number of halogens is 1. The average Bonchev–Trinajstić information content (AvgIpc) is 3.36. The molecule has 0 spiro atoms. The number of benzene rings is 2. The Kier molecular flexibility index (Phi) is 5.17. The lowest BCUT2D eigenvalue weighted by Crippen LogP contribution is -2.25. The van der Waals surface area contributed by atoms with Crippen molar-refractivity contribution < 1.29 is 18.4 Å². The first kappa shape index (κ1) is 18.6. The number of carbonyl (C=O) groups is 1. The van der Waals surface area contributed by atoms with Crippen molar-refractivity contribution in [2.24, 2.45) is 0 Å². The Morgan fingerprint density at radius 3 is 2.62 bits per heavy atom. The SMILES string of the molecule is O=C(Cn1nc(-c2ccco2)oc1=O)Nc1ccc(Oc2ccccc2Cl)cc1. The van der Waals surface area contributed by atoms with Crippen LogP contribution in [0.15, 0.2) is 80.6 Å². The molecule has 8 nitrogen and oxygen atoms in total. The number of rotatable bonds is 6. The smallest absolute Gasteiger partial charge is 0.437 e. The van der Waals surface area contributed by atoms with E-state index in [0.29, 0.717) is 28.0 Å². The predicted octanol–water partition coefficient (Wildman–Crippen LogP) is 4.18. The molecule has 0 atom stereocenters. The van der Waals surface area contributed by atoms with Gasteiger partial charge in [-0.3, -0.25) is 4.79 Å². The molecule has 146 valence electrons. The van der Waals surface area contributed by atoms with Gasteiger partial charge in [0.05, 0.1) is 11.3 Å². The third kappa shape index (κ3) is 4.39. The molecule has 2 aromatic heterocycles. The number of aromatic nitrogens is 2. The van der Waals surface area contributed by atoms with Crippen LogP contribution in [0.3, 0.4) is 0 Å². The highest BCUT2D eigenvalue weighted by Crippen LogP contribution is 2.29. The molecule has 1 N–H and O–H groups in total. The quantitative estimate of drug-likeness (QED) is 0.511. The van der Waals surface area contributed by atoms with Crippen LogP contribution >= 0.6 is 11.6 Å². The van der Waals surface area contributed by atoms with Gasteiger partial charge in [0.15, 0.2) is 5.76 Å². The average molecular weight is 412 g/mol. The molecule has 2 heterocycles. The maximum absolute atomic E-state index is 12.2. The molecular weight excluding hydrogens is 398 g/mol. The molecule has 4 aromatic rings. The van der Waals surface area contributed by atoms with Crippen LogP contribution in [0.2, 0.25) is 5.02 Å². The molecule has 29 heavy (non-hydrogen) atoms. The molecule has 1 amide bonds. The van der Waals surface area contributed by atoms with Crippen LogP contribution in [-0.2, 0) is 11.3 Å². The van der Waals surface area contributed by atoms with Crippen molar-refractivity contribution in [3.63, 3.8) is 0 Å². The van der Waals surface area contributed by atoms with Crippen molar-refractivity contribution in [1.82, 2.24) is 9.78 Å². The summed E-state index contributed by atoms with van der Waals surface area (Å²) in [5.41, 5.74) is 0.532. The third-order valence-electron chi connectivity index (χ3n) is 3.83. The molecule has 0 saturated carbocycles. The second-order valence-electron chi connectivity index (χ2n) is 5.91. The van der Waals surface area contributed by atoms with Gasteiger partial charge in [-0.15, -0.1) is 5.10 Å². The number of nitrogens with one attached hydrogen (secondary N) is 1. The van der Waals surface area contributed by atoms with Gasteiger partial charge >= 0.3 is 5.76 Å². The number of carbonyl (C=O) groups excluding carboxylic acids is 1. The molecule has 0 aliphatic heterocycles. The summed E-state index contributed by atoms with van der Waals surface area (Å²) in [4.78, 5) is 24.1. The fourth-order valence-electron chi connectivity index (χ4n) is 2.50. The summed E-state index contributed by atoms with van der Waals surface area (Å²) in [6.45, 7) is -0.305. The lowest BCUT2D eigenvalue weighted by Gasteiger charge is -2.09. The van der Waals surface area contributed by atoms with Crippen LogP contribution in [0.5, 0.6) is 11.5 Å². The molecule has 0 radical (unpaired) electrons. The molecule has 4 rings (SSSR count). The van der Waals surface area contributed by atoms with E-state index in [9.17, 15) is 9.59 Å².